The van der Waals surface area contributed by atoms with Gasteiger partial charge in [0.1, 0.15) is 0 Å². The SMILES string of the molecule is COC(=O)/C=C/CCCCC(=O)O. The van der Waals surface area contributed by atoms with E-state index in [1.807, 2.05) is 0 Å². The molecule has 0 aliphatic heterocycles. The van der Waals surface area contributed by atoms with Crippen LogP contribution in [0.5, 0.6) is 0 Å². The van der Waals surface area contributed by atoms with Crippen molar-refractivity contribution in [2.45, 2.75) is 25.7 Å². The number of carboxylic acids is 1. The highest BCUT2D eigenvalue weighted by Crippen LogP contribution is 2.00. The van der Waals surface area contributed by atoms with Crippen LogP contribution < -0.4 is 0 Å². The molecule has 0 heterocycles. The highest BCUT2D eigenvalue weighted by atomic mass is 16.5. The van der Waals surface area contributed by atoms with Gasteiger partial charge in [-0.05, 0) is 19.3 Å². The first-order chi connectivity index (χ1) is 6.16. The second kappa shape index (κ2) is 7.34. The van der Waals surface area contributed by atoms with Gasteiger partial charge in [-0.2, -0.15) is 0 Å². The Kier molecular flexibility index (Phi) is 6.59. The highest BCUT2D eigenvalue weighted by molar-refractivity contribution is 5.81. The summed E-state index contributed by atoms with van der Waals surface area (Å²) >= 11 is 0. The second-order valence-electron chi connectivity index (χ2n) is 2.57. The Morgan fingerprint density at radius 3 is 2.62 bits per heavy atom. The van der Waals surface area contributed by atoms with Crippen LogP contribution in [0.15, 0.2) is 12.2 Å². The van der Waals surface area contributed by atoms with E-state index < -0.39 is 5.97 Å². The Morgan fingerprint density at radius 2 is 2.08 bits per heavy atom. The molecule has 0 saturated carbocycles. The molecule has 0 bridgehead atoms. The van der Waals surface area contributed by atoms with E-state index in [2.05, 4.69) is 4.74 Å². The number of methoxy groups -OCH3 is 1. The maximum Gasteiger partial charge on any atom is 0.330 e. The van der Waals surface area contributed by atoms with E-state index in [-0.39, 0.29) is 12.4 Å². The lowest BCUT2D eigenvalue weighted by atomic mass is 10.2. The van der Waals surface area contributed by atoms with Crippen LogP contribution in [0.25, 0.3) is 0 Å². The molecule has 0 amide bonds. The summed E-state index contributed by atoms with van der Waals surface area (Å²) in [5.74, 6) is -1.16. The Hall–Kier alpha value is -1.32. The molecule has 0 aromatic rings. The van der Waals surface area contributed by atoms with E-state index in [1.54, 1.807) is 6.08 Å². The fraction of sp³-hybridized carbons (Fsp3) is 0.556. The Balaban J connectivity index is 3.30. The third-order valence-corrected chi connectivity index (χ3v) is 1.47. The third-order valence-electron chi connectivity index (χ3n) is 1.47. The largest absolute Gasteiger partial charge is 0.481 e. The number of carboxylic acid groups (broad SMARTS) is 1. The number of unbranched alkanes of at least 4 members (excludes halogenated alkanes) is 2. The van der Waals surface area contributed by atoms with Crippen molar-refractivity contribution >= 4 is 11.9 Å². The summed E-state index contributed by atoms with van der Waals surface area (Å²) in [6, 6.07) is 0. The van der Waals surface area contributed by atoms with Gasteiger partial charge >= 0.3 is 11.9 Å². The molecule has 74 valence electrons. The monoisotopic (exact) mass is 186 g/mol. The van der Waals surface area contributed by atoms with E-state index in [0.29, 0.717) is 12.8 Å². The predicted molar refractivity (Wildman–Crippen MR) is 47.3 cm³/mol. The maximum atomic E-state index is 10.5. The van der Waals surface area contributed by atoms with Crippen LogP contribution in [0.4, 0.5) is 0 Å². The molecule has 0 atom stereocenters. The molecule has 4 nitrogen and oxygen atoms in total. The first kappa shape index (κ1) is 11.7. The summed E-state index contributed by atoms with van der Waals surface area (Å²) in [4.78, 5) is 20.6. The Morgan fingerprint density at radius 1 is 1.38 bits per heavy atom. The van der Waals surface area contributed by atoms with Crippen molar-refractivity contribution in [3.63, 3.8) is 0 Å². The molecule has 0 rings (SSSR count). The molecule has 0 spiro atoms. The number of carbonyl (C=O) groups excluding carboxylic acids is 1. The topological polar surface area (TPSA) is 63.6 Å². The van der Waals surface area contributed by atoms with Gasteiger partial charge in [-0.1, -0.05) is 6.08 Å². The van der Waals surface area contributed by atoms with E-state index >= 15 is 0 Å². The number of allylic oxidation sites excluding steroid dienone is 1. The highest BCUT2D eigenvalue weighted by Gasteiger charge is 1.95. The van der Waals surface area contributed by atoms with Crippen LogP contribution in [0, 0.1) is 0 Å². The van der Waals surface area contributed by atoms with Crippen LogP contribution in [0.3, 0.4) is 0 Å². The molecule has 0 aliphatic carbocycles. The van der Waals surface area contributed by atoms with Crippen molar-refractivity contribution in [2.75, 3.05) is 7.11 Å². The van der Waals surface area contributed by atoms with Gasteiger partial charge in [-0.3, -0.25) is 4.79 Å². The zero-order chi connectivity index (χ0) is 10.1. The summed E-state index contributed by atoms with van der Waals surface area (Å²) in [7, 11) is 1.32. The summed E-state index contributed by atoms with van der Waals surface area (Å²) in [6.07, 6.45) is 5.35. The van der Waals surface area contributed by atoms with Crippen LogP contribution in [-0.2, 0) is 14.3 Å². The van der Waals surface area contributed by atoms with Crippen LogP contribution in [0.2, 0.25) is 0 Å². The first-order valence-corrected chi connectivity index (χ1v) is 4.13. The van der Waals surface area contributed by atoms with Crippen LogP contribution in [0.1, 0.15) is 25.7 Å². The minimum absolute atomic E-state index is 0.187. The fourth-order valence-corrected chi connectivity index (χ4v) is 0.786. The molecule has 0 aromatic heterocycles. The summed E-state index contributed by atoms with van der Waals surface area (Å²) in [5.41, 5.74) is 0. The van der Waals surface area contributed by atoms with Gasteiger partial charge in [0.25, 0.3) is 0 Å². The molecule has 0 unspecified atom stereocenters. The smallest absolute Gasteiger partial charge is 0.330 e. The van der Waals surface area contributed by atoms with Gasteiger partial charge in [0, 0.05) is 12.5 Å². The number of rotatable bonds is 6. The quantitative estimate of drug-likeness (QED) is 0.386. The van der Waals surface area contributed by atoms with Gasteiger partial charge in [0.05, 0.1) is 7.11 Å². The second-order valence-corrected chi connectivity index (χ2v) is 2.57. The Bertz CT molecular complexity index is 196. The summed E-state index contributed by atoms with van der Waals surface area (Å²) in [6.45, 7) is 0. The molecule has 0 radical (unpaired) electrons. The van der Waals surface area contributed by atoms with Crippen molar-refractivity contribution in [3.05, 3.63) is 12.2 Å². The molecule has 13 heavy (non-hydrogen) atoms. The number of hydrogen-bond donors (Lipinski definition) is 1. The maximum absolute atomic E-state index is 10.5. The van der Waals surface area contributed by atoms with Gasteiger partial charge in [0.15, 0.2) is 0 Å². The van der Waals surface area contributed by atoms with E-state index in [1.165, 1.54) is 13.2 Å². The lowest BCUT2D eigenvalue weighted by Crippen LogP contribution is -1.94. The summed E-state index contributed by atoms with van der Waals surface area (Å²) < 4.78 is 4.38. The zero-order valence-electron chi connectivity index (χ0n) is 7.66. The lowest BCUT2D eigenvalue weighted by molar-refractivity contribution is -0.137. The third kappa shape index (κ3) is 8.59. The standard InChI is InChI=1S/C9H14O4/c1-13-9(12)7-5-3-2-4-6-8(10)11/h5,7H,2-4,6H2,1H3,(H,10,11)/b7-5+. The average molecular weight is 186 g/mol. The normalized spacial score (nSPS) is 10.2. The number of esters is 1. The number of carbonyl (C=O) groups is 2. The molecular weight excluding hydrogens is 172 g/mol. The molecule has 4 heteroatoms. The first-order valence-electron chi connectivity index (χ1n) is 4.13. The summed E-state index contributed by atoms with van der Waals surface area (Å²) in [5, 5.41) is 8.30. The molecule has 0 aromatic carbocycles. The molecule has 0 aliphatic rings. The predicted octanol–water partition coefficient (Wildman–Crippen LogP) is 1.36. The fourth-order valence-electron chi connectivity index (χ4n) is 0.786. The van der Waals surface area contributed by atoms with Crippen molar-refractivity contribution in [3.8, 4) is 0 Å². The van der Waals surface area contributed by atoms with E-state index in [4.69, 9.17) is 5.11 Å². The van der Waals surface area contributed by atoms with Gasteiger partial charge < -0.3 is 9.84 Å². The zero-order valence-corrected chi connectivity index (χ0v) is 7.66. The van der Waals surface area contributed by atoms with Gasteiger partial charge in [-0.25, -0.2) is 4.79 Å². The molecule has 0 fully saturated rings. The lowest BCUT2D eigenvalue weighted by Gasteiger charge is -1.93. The average Bonchev–Trinajstić information content (AvgIpc) is 2.10. The van der Waals surface area contributed by atoms with E-state index in [9.17, 15) is 9.59 Å². The van der Waals surface area contributed by atoms with Gasteiger partial charge in [-0.15, -0.1) is 0 Å². The molecular formula is C9H14O4. The van der Waals surface area contributed by atoms with Crippen molar-refractivity contribution in [1.29, 1.82) is 0 Å². The number of ether oxygens (including phenoxy) is 1. The Labute approximate surface area is 77.2 Å². The van der Waals surface area contributed by atoms with Crippen LogP contribution in [-0.4, -0.2) is 24.2 Å². The molecule has 0 saturated heterocycles. The minimum Gasteiger partial charge on any atom is -0.481 e. The number of hydrogen-bond acceptors (Lipinski definition) is 3. The van der Waals surface area contributed by atoms with Gasteiger partial charge in [0.2, 0.25) is 0 Å². The molecule has 1 N–H and O–H groups in total. The van der Waals surface area contributed by atoms with Crippen molar-refractivity contribution in [1.82, 2.24) is 0 Å². The van der Waals surface area contributed by atoms with Crippen molar-refractivity contribution < 1.29 is 19.4 Å². The van der Waals surface area contributed by atoms with Crippen molar-refractivity contribution in [2.24, 2.45) is 0 Å². The number of aliphatic carboxylic acids is 1. The van der Waals surface area contributed by atoms with Crippen LogP contribution >= 0.6 is 0 Å². The van der Waals surface area contributed by atoms with E-state index in [0.717, 1.165) is 6.42 Å². The minimum atomic E-state index is -0.781.